The van der Waals surface area contributed by atoms with Crippen LogP contribution in [0.2, 0.25) is 0 Å². The number of fused-ring (bicyclic) bond motifs is 1. The quantitative estimate of drug-likeness (QED) is 0.196. The van der Waals surface area contributed by atoms with Gasteiger partial charge in [0.25, 0.3) is 7.82 Å². The van der Waals surface area contributed by atoms with E-state index in [2.05, 4.69) is 23.1 Å². The first kappa shape index (κ1) is 24.3. The molecule has 0 radical (unpaired) electrons. The van der Waals surface area contributed by atoms with Gasteiger partial charge in [-0.25, -0.2) is 18.0 Å². The van der Waals surface area contributed by atoms with Crippen LogP contribution in [-0.2, 0) is 38.6 Å². The summed E-state index contributed by atoms with van der Waals surface area (Å²) in [7, 11) is -15.1. The van der Waals surface area contributed by atoms with E-state index >= 15 is 0 Å². The van der Waals surface area contributed by atoms with Gasteiger partial charge in [0.1, 0.15) is 6.10 Å². The fourth-order valence-electron chi connectivity index (χ4n) is 2.92. The number of rotatable bonds is 8. The Bertz CT molecular complexity index is 1120. The maximum Gasteiger partial charge on any atom is 0.487 e. The third-order valence-electron chi connectivity index (χ3n) is 4.05. The fraction of sp³-hybridized carbons (Fsp3) is 0.545. The number of aromatic nitrogens is 4. The minimum Gasteiger partial charge on any atom is -0.756 e. The number of aryl methyl sites for hydroxylation is 1. The molecule has 1 aliphatic heterocycles. The van der Waals surface area contributed by atoms with Crippen molar-refractivity contribution in [2.75, 3.05) is 12.3 Å². The maximum atomic E-state index is 11.7. The molecule has 31 heavy (non-hydrogen) atoms. The smallest absolute Gasteiger partial charge is 0.487 e. The van der Waals surface area contributed by atoms with Crippen LogP contribution in [-0.4, -0.2) is 53.1 Å². The number of aliphatic hydroxyl groups excluding tert-OH is 1. The van der Waals surface area contributed by atoms with Gasteiger partial charge in [-0.05, 0) is 0 Å². The lowest BCUT2D eigenvalue weighted by atomic mass is 10.2. The lowest BCUT2D eigenvalue weighted by Gasteiger charge is -2.26. The molecule has 20 heteroatoms. The number of ether oxygens (including phenoxy) is 1. The summed E-state index contributed by atoms with van der Waals surface area (Å²) in [6.45, 7) is -0.837. The molecule has 17 nitrogen and oxygen atoms in total. The van der Waals surface area contributed by atoms with Gasteiger partial charge < -0.3 is 39.7 Å². The van der Waals surface area contributed by atoms with Crippen LogP contribution in [0.15, 0.2) is 12.7 Å². The number of nitrogen functional groups attached to an aromatic ring is 1. The monoisotopic (exact) mass is 505 g/mol. The zero-order valence-corrected chi connectivity index (χ0v) is 18.2. The molecule has 3 rings (SSSR count). The number of hydrogen-bond acceptors (Lipinski definition) is 12. The number of imidazole rings is 1. The molecule has 1 fully saturated rings. The van der Waals surface area contributed by atoms with Gasteiger partial charge in [0.15, 0.2) is 24.7 Å². The summed E-state index contributed by atoms with van der Waals surface area (Å²) in [6, 6.07) is 0. The Hall–Kier alpha value is -1.32. The van der Waals surface area contributed by atoms with Crippen molar-refractivity contribution >= 4 is 40.4 Å². The predicted octanol–water partition coefficient (Wildman–Crippen LogP) is -1.80. The summed E-state index contributed by atoms with van der Waals surface area (Å²) in [5, 5.41) is 10.2. The Morgan fingerprint density at radius 2 is 2.00 bits per heavy atom. The summed E-state index contributed by atoms with van der Waals surface area (Å²) < 4.78 is 53.9. The topological polar surface area (TPSA) is 253 Å². The first-order valence-electron chi connectivity index (χ1n) is 8.24. The molecule has 2 unspecified atom stereocenters. The molecular formula is C11H18N5O12P3. The molecule has 1 aliphatic rings. The van der Waals surface area contributed by atoms with Crippen LogP contribution < -0.4 is 15.2 Å². The molecule has 0 spiro atoms. The fourth-order valence-corrected chi connectivity index (χ4v) is 5.91. The predicted molar refractivity (Wildman–Crippen MR) is 95.2 cm³/mol. The van der Waals surface area contributed by atoms with Crippen LogP contribution in [0.25, 0.3) is 11.2 Å². The summed E-state index contributed by atoms with van der Waals surface area (Å²) >= 11 is 0. The normalized spacial score (nSPS) is 26.1. The molecule has 2 aromatic heterocycles. The summed E-state index contributed by atoms with van der Waals surface area (Å²) in [5.74, 6) is 0.208. The van der Waals surface area contributed by atoms with Gasteiger partial charge in [0.05, 0.1) is 19.8 Å². The van der Waals surface area contributed by atoms with Gasteiger partial charge in [-0.3, -0.25) is 9.13 Å². The Morgan fingerprint density at radius 3 is 2.65 bits per heavy atom. The summed E-state index contributed by atoms with van der Waals surface area (Å²) in [4.78, 5) is 45.8. The number of nitrogens with zero attached hydrogens (tertiary/aromatic N) is 4. The molecule has 0 amide bonds. The van der Waals surface area contributed by atoms with E-state index in [4.69, 9.17) is 25.2 Å². The second-order valence-corrected chi connectivity index (χ2v) is 10.7. The number of nitrogens with two attached hydrogens (primary N) is 1. The van der Waals surface area contributed by atoms with Gasteiger partial charge in [-0.1, -0.05) is 4.98 Å². The number of anilines is 1. The van der Waals surface area contributed by atoms with Crippen molar-refractivity contribution in [1.82, 2.24) is 14.5 Å². The molecule has 0 bridgehead atoms. The van der Waals surface area contributed by atoms with E-state index in [-0.39, 0.29) is 12.2 Å². The van der Waals surface area contributed by atoms with E-state index in [1.807, 2.05) is 0 Å². The van der Waals surface area contributed by atoms with Crippen molar-refractivity contribution in [2.24, 2.45) is 7.05 Å². The van der Waals surface area contributed by atoms with E-state index < -0.39 is 48.5 Å². The molecule has 0 aromatic carbocycles. The van der Waals surface area contributed by atoms with Crippen molar-refractivity contribution in [3.63, 3.8) is 0 Å². The molecule has 174 valence electrons. The Kier molecular flexibility index (Phi) is 6.71. The zero-order chi connectivity index (χ0) is 23.2. The highest BCUT2D eigenvalue weighted by Gasteiger charge is 2.41. The summed E-state index contributed by atoms with van der Waals surface area (Å²) in [5.41, 5.74) is 6.72. The highest BCUT2D eigenvalue weighted by atomic mass is 31.3. The van der Waals surface area contributed by atoms with E-state index in [9.17, 15) is 23.7 Å². The van der Waals surface area contributed by atoms with Gasteiger partial charge in [0.2, 0.25) is 5.52 Å². The first-order chi connectivity index (χ1) is 14.2. The standard InChI is InChI=1S/C11H18N5O12P3/c1-15-5-16(11-9(15)10(12)13-4-14-11)8-2-6(17)7(26-8)3-25-30(21,22)28-31(23,24)27-29(18,19)20/h4-8,17H,2-3H2,1H3,(H5-,12,13,14,18,19,20,21,22,23,24)/t6-,7+,8+/m0/s1. The van der Waals surface area contributed by atoms with Crippen molar-refractivity contribution in [3.8, 4) is 0 Å². The molecule has 0 aliphatic carbocycles. The highest BCUT2D eigenvalue weighted by Crippen LogP contribution is 2.65. The van der Waals surface area contributed by atoms with E-state index in [1.54, 1.807) is 22.5 Å². The van der Waals surface area contributed by atoms with Crippen molar-refractivity contribution in [3.05, 3.63) is 12.7 Å². The van der Waals surface area contributed by atoms with Gasteiger partial charge in [0, 0.05) is 6.42 Å². The number of phosphoric ester groups is 1. The number of aliphatic hydroxyl groups is 1. The minimum absolute atomic E-state index is 0.00550. The van der Waals surface area contributed by atoms with Crippen molar-refractivity contribution in [2.45, 2.75) is 24.9 Å². The lowest BCUT2D eigenvalue weighted by molar-refractivity contribution is -0.739. The van der Waals surface area contributed by atoms with Crippen molar-refractivity contribution in [1.29, 1.82) is 0 Å². The van der Waals surface area contributed by atoms with Gasteiger partial charge in [-0.15, -0.1) is 0 Å². The molecule has 1 saturated heterocycles. The lowest BCUT2D eigenvalue weighted by Crippen LogP contribution is -2.39. The molecule has 2 aromatic rings. The molecular weight excluding hydrogens is 487 g/mol. The van der Waals surface area contributed by atoms with E-state index in [0.29, 0.717) is 11.2 Å². The largest absolute Gasteiger partial charge is 0.756 e. The van der Waals surface area contributed by atoms with Crippen molar-refractivity contribution < 1.29 is 60.8 Å². The van der Waals surface area contributed by atoms with Gasteiger partial charge >= 0.3 is 21.3 Å². The van der Waals surface area contributed by atoms with Gasteiger partial charge in [-0.2, -0.15) is 9.29 Å². The zero-order valence-electron chi connectivity index (χ0n) is 15.6. The molecule has 0 saturated carbocycles. The second-order valence-electron chi connectivity index (χ2n) is 6.36. The minimum atomic E-state index is -5.70. The highest BCUT2D eigenvalue weighted by molar-refractivity contribution is 7.66. The van der Waals surface area contributed by atoms with Crippen LogP contribution >= 0.6 is 23.5 Å². The number of phosphoric acid groups is 3. The second kappa shape index (κ2) is 8.56. The van der Waals surface area contributed by atoms with Crippen LogP contribution in [0, 0.1) is 0 Å². The third kappa shape index (κ3) is 5.93. The molecule has 6 N–H and O–H groups in total. The van der Waals surface area contributed by atoms with E-state index in [0.717, 1.165) is 0 Å². The van der Waals surface area contributed by atoms with Crippen LogP contribution in [0.4, 0.5) is 5.82 Å². The molecule has 3 heterocycles. The van der Waals surface area contributed by atoms with Crippen LogP contribution in [0.5, 0.6) is 0 Å². The summed E-state index contributed by atoms with van der Waals surface area (Å²) in [6.07, 6.45) is -0.392. The third-order valence-corrected chi connectivity index (χ3v) is 7.82. The Balaban J connectivity index is 1.67. The number of hydrogen-bond donors (Lipinski definition) is 5. The average Bonchev–Trinajstić information content (AvgIpc) is 3.11. The Labute approximate surface area is 173 Å². The first-order valence-corrected chi connectivity index (χ1v) is 12.7. The van der Waals surface area contributed by atoms with Crippen LogP contribution in [0.3, 0.4) is 0 Å². The maximum absolute atomic E-state index is 11.7. The Morgan fingerprint density at radius 1 is 1.32 bits per heavy atom. The van der Waals surface area contributed by atoms with Crippen LogP contribution in [0.1, 0.15) is 12.6 Å². The SMILES string of the molecule is Cn1c[n+]([C@H]2C[C@H](O)[C@@H](COP(=O)([O-])OP(=O)(O)OP(=O)(O)O)O2)c2ncnc(N)c21. The molecule has 5 atom stereocenters. The average molecular weight is 505 g/mol. The van der Waals surface area contributed by atoms with E-state index in [1.165, 1.54) is 6.33 Å².